The number of aromatic nitrogens is 2. The zero-order chi connectivity index (χ0) is 10.7. The van der Waals surface area contributed by atoms with Crippen LogP contribution in [-0.4, -0.2) is 10.1 Å². The van der Waals surface area contributed by atoms with Crippen molar-refractivity contribution in [2.24, 2.45) is 0 Å². The van der Waals surface area contributed by atoms with E-state index in [0.717, 1.165) is 25.7 Å². The quantitative estimate of drug-likeness (QED) is 0.658. The lowest BCUT2D eigenvalue weighted by Crippen LogP contribution is -1.98. The van der Waals surface area contributed by atoms with Gasteiger partial charge in [-0.2, -0.15) is 10.2 Å². The molecule has 4 heteroatoms. The van der Waals surface area contributed by atoms with Crippen molar-refractivity contribution in [3.05, 3.63) is 17.3 Å². The van der Waals surface area contributed by atoms with E-state index in [9.17, 15) is 0 Å². The molecule has 0 aliphatic heterocycles. The number of aryl methyl sites for hydroxylation is 1. The van der Waals surface area contributed by atoms with Gasteiger partial charge in [-0.05, 0) is 38.2 Å². The number of hydrogen-bond acceptors (Lipinski definition) is 4. The highest BCUT2D eigenvalue weighted by molar-refractivity contribution is 5.74. The number of allylic oxidation sites excluding steroid dienone is 2. The average Bonchev–Trinajstić information content (AvgIpc) is 2.68. The molecule has 0 saturated heterocycles. The molecule has 1 aromatic rings. The van der Waals surface area contributed by atoms with Gasteiger partial charge in [-0.25, -0.2) is 0 Å². The van der Waals surface area contributed by atoms with Crippen LogP contribution in [-0.2, 0) is 0 Å². The molecule has 1 aromatic heterocycles. The van der Waals surface area contributed by atoms with Gasteiger partial charge in [-0.1, -0.05) is 11.6 Å². The number of hydrogen-bond donors (Lipinski definition) is 0. The topological polar surface area (TPSA) is 62.7 Å². The Morgan fingerprint density at radius 2 is 2.07 bits per heavy atom. The lowest BCUT2D eigenvalue weighted by atomic mass is 9.91. The molecule has 1 aliphatic rings. The second-order valence-corrected chi connectivity index (χ2v) is 3.80. The first-order valence-electron chi connectivity index (χ1n) is 5.24. The Labute approximate surface area is 88.6 Å². The number of nitriles is 1. The first kappa shape index (κ1) is 9.91. The van der Waals surface area contributed by atoms with Crippen LogP contribution in [0.1, 0.15) is 43.8 Å². The van der Waals surface area contributed by atoms with Crippen LogP contribution in [0.2, 0.25) is 0 Å². The summed E-state index contributed by atoms with van der Waals surface area (Å²) in [6.45, 7) is 1.76. The van der Waals surface area contributed by atoms with Crippen molar-refractivity contribution in [1.29, 1.82) is 5.26 Å². The largest absolute Gasteiger partial charge is 0.333 e. The Hall–Kier alpha value is -1.63. The third kappa shape index (κ3) is 2.07. The van der Waals surface area contributed by atoms with E-state index < -0.39 is 0 Å². The molecule has 2 rings (SSSR count). The van der Waals surface area contributed by atoms with Crippen molar-refractivity contribution >= 4 is 5.57 Å². The van der Waals surface area contributed by atoms with Gasteiger partial charge in [0.1, 0.15) is 11.6 Å². The van der Waals surface area contributed by atoms with Crippen molar-refractivity contribution in [2.75, 3.05) is 0 Å². The van der Waals surface area contributed by atoms with E-state index in [1.807, 2.05) is 0 Å². The molecule has 0 aromatic carbocycles. The van der Waals surface area contributed by atoms with Crippen LogP contribution in [0.3, 0.4) is 0 Å². The average molecular weight is 203 g/mol. The van der Waals surface area contributed by atoms with E-state index in [2.05, 4.69) is 16.2 Å². The molecule has 0 N–H and O–H groups in total. The number of rotatable bonds is 1. The molecular weight excluding hydrogens is 190 g/mol. The fourth-order valence-electron chi connectivity index (χ4n) is 1.91. The Bertz CT molecular complexity index is 417. The first-order chi connectivity index (χ1) is 7.31. The maximum atomic E-state index is 9.11. The second kappa shape index (κ2) is 4.26. The fourth-order valence-corrected chi connectivity index (χ4v) is 1.91. The van der Waals surface area contributed by atoms with E-state index in [-0.39, 0.29) is 0 Å². The molecule has 0 unspecified atom stereocenters. The third-order valence-corrected chi connectivity index (χ3v) is 2.66. The summed E-state index contributed by atoms with van der Waals surface area (Å²) >= 11 is 0. The highest BCUT2D eigenvalue weighted by Gasteiger charge is 2.17. The summed E-state index contributed by atoms with van der Waals surface area (Å²) < 4.78 is 5.03. The SMILES string of the molecule is Cc1noc(C(C#N)=C2CCCCC2)n1. The molecule has 0 spiro atoms. The summed E-state index contributed by atoms with van der Waals surface area (Å²) in [6, 6.07) is 2.18. The Kier molecular flexibility index (Phi) is 2.82. The van der Waals surface area contributed by atoms with Gasteiger partial charge >= 0.3 is 0 Å². The highest BCUT2D eigenvalue weighted by atomic mass is 16.5. The minimum atomic E-state index is 0.381. The first-order valence-corrected chi connectivity index (χ1v) is 5.24. The normalized spacial score (nSPS) is 16.1. The summed E-state index contributed by atoms with van der Waals surface area (Å²) in [6.07, 6.45) is 5.56. The van der Waals surface area contributed by atoms with E-state index in [4.69, 9.17) is 9.78 Å². The summed E-state index contributed by atoms with van der Waals surface area (Å²) in [5.74, 6) is 0.959. The zero-order valence-electron chi connectivity index (χ0n) is 8.79. The van der Waals surface area contributed by atoms with Crippen molar-refractivity contribution in [2.45, 2.75) is 39.0 Å². The van der Waals surface area contributed by atoms with Gasteiger partial charge in [-0.3, -0.25) is 0 Å². The molecule has 0 bridgehead atoms. The standard InChI is InChI=1S/C11H13N3O/c1-8-13-11(15-14-8)10(7-12)9-5-3-2-4-6-9/h2-6H2,1H3. The number of nitrogens with zero attached hydrogens (tertiary/aromatic N) is 3. The molecule has 1 saturated carbocycles. The minimum absolute atomic E-state index is 0.381. The lowest BCUT2D eigenvalue weighted by Gasteiger charge is -2.13. The van der Waals surface area contributed by atoms with Crippen molar-refractivity contribution in [3.8, 4) is 6.07 Å². The van der Waals surface area contributed by atoms with Crippen LogP contribution >= 0.6 is 0 Å². The molecule has 0 atom stereocenters. The molecule has 1 fully saturated rings. The Balaban J connectivity index is 2.34. The van der Waals surface area contributed by atoms with Gasteiger partial charge in [0.2, 0.25) is 0 Å². The van der Waals surface area contributed by atoms with Crippen LogP contribution in [0.25, 0.3) is 5.57 Å². The second-order valence-electron chi connectivity index (χ2n) is 3.80. The van der Waals surface area contributed by atoms with E-state index in [1.165, 1.54) is 12.0 Å². The van der Waals surface area contributed by atoms with Crippen molar-refractivity contribution in [3.63, 3.8) is 0 Å². The molecule has 78 valence electrons. The van der Waals surface area contributed by atoms with Crippen LogP contribution in [0.15, 0.2) is 10.1 Å². The van der Waals surface area contributed by atoms with Crippen LogP contribution in [0, 0.1) is 18.3 Å². The van der Waals surface area contributed by atoms with Gasteiger partial charge in [0.05, 0.1) is 0 Å². The van der Waals surface area contributed by atoms with Crippen LogP contribution in [0.4, 0.5) is 0 Å². The van der Waals surface area contributed by atoms with Gasteiger partial charge in [-0.15, -0.1) is 0 Å². The maximum absolute atomic E-state index is 9.11. The molecule has 4 nitrogen and oxygen atoms in total. The van der Waals surface area contributed by atoms with Crippen molar-refractivity contribution in [1.82, 2.24) is 10.1 Å². The highest BCUT2D eigenvalue weighted by Crippen LogP contribution is 2.29. The summed E-state index contributed by atoms with van der Waals surface area (Å²) in [5, 5.41) is 12.8. The van der Waals surface area contributed by atoms with Gasteiger partial charge in [0.25, 0.3) is 5.89 Å². The zero-order valence-corrected chi connectivity index (χ0v) is 8.79. The van der Waals surface area contributed by atoms with Crippen LogP contribution < -0.4 is 0 Å². The van der Waals surface area contributed by atoms with E-state index in [1.54, 1.807) is 6.92 Å². The summed E-state index contributed by atoms with van der Waals surface area (Å²) in [4.78, 5) is 4.10. The van der Waals surface area contributed by atoms with Gasteiger partial charge in [0.15, 0.2) is 5.82 Å². The monoisotopic (exact) mass is 203 g/mol. The molecule has 0 amide bonds. The predicted molar refractivity (Wildman–Crippen MR) is 54.7 cm³/mol. The fraction of sp³-hybridized carbons (Fsp3) is 0.545. The van der Waals surface area contributed by atoms with Crippen molar-refractivity contribution < 1.29 is 4.52 Å². The molecule has 1 aliphatic carbocycles. The van der Waals surface area contributed by atoms with E-state index >= 15 is 0 Å². The van der Waals surface area contributed by atoms with Crippen LogP contribution in [0.5, 0.6) is 0 Å². The maximum Gasteiger partial charge on any atom is 0.268 e. The third-order valence-electron chi connectivity index (χ3n) is 2.66. The predicted octanol–water partition coefficient (Wildman–Crippen LogP) is 2.62. The smallest absolute Gasteiger partial charge is 0.268 e. The lowest BCUT2D eigenvalue weighted by molar-refractivity contribution is 0.403. The van der Waals surface area contributed by atoms with E-state index in [0.29, 0.717) is 17.3 Å². The molecule has 1 heterocycles. The van der Waals surface area contributed by atoms with Gasteiger partial charge < -0.3 is 4.52 Å². The molecule has 15 heavy (non-hydrogen) atoms. The Morgan fingerprint density at radius 3 is 2.60 bits per heavy atom. The summed E-state index contributed by atoms with van der Waals surface area (Å²) in [5.41, 5.74) is 1.77. The Morgan fingerprint density at radius 1 is 1.33 bits per heavy atom. The molecular formula is C11H13N3O. The summed E-state index contributed by atoms with van der Waals surface area (Å²) in [7, 11) is 0. The minimum Gasteiger partial charge on any atom is -0.333 e. The van der Waals surface area contributed by atoms with Gasteiger partial charge in [0, 0.05) is 0 Å². The molecule has 0 radical (unpaired) electrons.